The second-order valence-corrected chi connectivity index (χ2v) is 14.4. The van der Waals surface area contributed by atoms with Gasteiger partial charge in [-0.05, 0) is 43.0 Å². The van der Waals surface area contributed by atoms with Crippen LogP contribution in [0.3, 0.4) is 0 Å². The second-order valence-electron chi connectivity index (χ2n) is 14.4. The molecule has 334 valence electrons. The zero-order valence-corrected chi connectivity index (χ0v) is 34.0. The minimum Gasteiger partial charge on any atom is -0.508 e. The van der Waals surface area contributed by atoms with Gasteiger partial charge in [0.15, 0.2) is 6.04 Å². The third-order valence-corrected chi connectivity index (χ3v) is 9.03. The Morgan fingerprint density at radius 1 is 0.590 bits per heavy atom. The number of phenolic OH excluding ortho intramolecular Hbond substituents is 1. The van der Waals surface area contributed by atoms with E-state index in [1.807, 2.05) is 0 Å². The molecule has 0 fully saturated rings. The van der Waals surface area contributed by atoms with Gasteiger partial charge in [-0.15, -0.1) is 0 Å². The van der Waals surface area contributed by atoms with Crippen LogP contribution in [0.1, 0.15) is 45.2 Å². The average molecular weight is 858 g/mol. The first-order valence-corrected chi connectivity index (χ1v) is 19.1. The lowest BCUT2D eigenvalue weighted by atomic mass is 10.0. The molecule has 8 atom stereocenters. The third-order valence-electron chi connectivity index (χ3n) is 9.03. The molecule has 0 saturated carbocycles. The van der Waals surface area contributed by atoms with Crippen molar-refractivity contribution >= 4 is 53.2 Å². The van der Waals surface area contributed by atoms with Crippen LogP contribution >= 0.6 is 0 Å². The number of aliphatic carboxylic acids is 1. The van der Waals surface area contributed by atoms with Gasteiger partial charge in [0.2, 0.25) is 47.3 Å². The highest BCUT2D eigenvalue weighted by Gasteiger charge is 2.35. The minimum atomic E-state index is -1.78. The average Bonchev–Trinajstić information content (AvgIpc) is 3.20. The van der Waals surface area contributed by atoms with Crippen molar-refractivity contribution in [2.24, 2.45) is 17.4 Å². The predicted octanol–water partition coefficient (Wildman–Crippen LogP) is -4.46. The number of nitrogens with two attached hydrogens (primary N) is 2. The molecule has 8 amide bonds. The lowest BCUT2D eigenvalue weighted by molar-refractivity contribution is -0.145. The van der Waals surface area contributed by atoms with Crippen molar-refractivity contribution in [3.05, 3.63) is 65.7 Å². The number of hydrogen-bond donors (Lipinski definition) is 13. The van der Waals surface area contributed by atoms with E-state index in [4.69, 9.17) is 11.5 Å². The van der Waals surface area contributed by atoms with Crippen LogP contribution < -0.4 is 48.7 Å². The lowest BCUT2D eigenvalue weighted by Crippen LogP contribution is -2.61. The lowest BCUT2D eigenvalue weighted by Gasteiger charge is -2.27. The highest BCUT2D eigenvalue weighted by molar-refractivity contribution is 5.98. The summed E-state index contributed by atoms with van der Waals surface area (Å²) >= 11 is 0. The third kappa shape index (κ3) is 16.9. The molecule has 2 aromatic rings. The topological polar surface area (TPSA) is 371 Å². The molecule has 0 aliphatic rings. The Kier molecular flexibility index (Phi) is 20.2. The molecule has 22 nitrogen and oxygen atoms in total. The van der Waals surface area contributed by atoms with E-state index in [-0.39, 0.29) is 18.6 Å². The molecular weight excluding hydrogens is 802 g/mol. The fraction of sp³-hybridized carbons (Fsp3) is 0.462. The Hall–Kier alpha value is -6.65. The maximum Gasteiger partial charge on any atom is 0.328 e. The van der Waals surface area contributed by atoms with Gasteiger partial charge in [-0.3, -0.25) is 38.4 Å². The molecule has 22 heteroatoms. The Morgan fingerprint density at radius 3 is 1.54 bits per heavy atom. The van der Waals surface area contributed by atoms with Crippen molar-refractivity contribution in [1.29, 1.82) is 0 Å². The second kappa shape index (κ2) is 24.4. The summed E-state index contributed by atoms with van der Waals surface area (Å²) in [6.45, 7) is 4.27. The number of benzene rings is 2. The smallest absolute Gasteiger partial charge is 0.328 e. The highest BCUT2D eigenvalue weighted by Crippen LogP contribution is 2.13. The molecule has 0 aliphatic carbocycles. The van der Waals surface area contributed by atoms with Crippen LogP contribution in [0.2, 0.25) is 0 Å². The van der Waals surface area contributed by atoms with Crippen molar-refractivity contribution in [1.82, 2.24) is 37.2 Å². The molecule has 15 N–H and O–H groups in total. The van der Waals surface area contributed by atoms with Crippen LogP contribution in [0.25, 0.3) is 0 Å². The van der Waals surface area contributed by atoms with E-state index in [0.29, 0.717) is 11.1 Å². The molecule has 2 aromatic carbocycles. The van der Waals surface area contributed by atoms with E-state index in [2.05, 4.69) is 37.2 Å². The van der Waals surface area contributed by atoms with Crippen molar-refractivity contribution in [2.45, 2.75) is 95.4 Å². The number of nitrogens with one attached hydrogen (secondary N) is 7. The minimum absolute atomic E-state index is 0.113. The van der Waals surface area contributed by atoms with Gasteiger partial charge < -0.3 is 69.1 Å². The van der Waals surface area contributed by atoms with E-state index < -0.39 is 127 Å². The van der Waals surface area contributed by atoms with Gasteiger partial charge in [-0.1, -0.05) is 56.3 Å². The first-order valence-electron chi connectivity index (χ1n) is 19.1. The summed E-state index contributed by atoms with van der Waals surface area (Å²) in [5, 5.41) is 55.5. The number of carbonyl (C=O) groups is 9. The molecule has 0 heterocycles. The largest absolute Gasteiger partial charge is 0.508 e. The van der Waals surface area contributed by atoms with Crippen LogP contribution in [0.4, 0.5) is 0 Å². The van der Waals surface area contributed by atoms with Gasteiger partial charge in [-0.2, -0.15) is 0 Å². The van der Waals surface area contributed by atoms with Crippen LogP contribution in [0.5, 0.6) is 5.75 Å². The number of amides is 8. The van der Waals surface area contributed by atoms with Gasteiger partial charge in [0.1, 0.15) is 42.0 Å². The van der Waals surface area contributed by atoms with Crippen LogP contribution in [-0.2, 0) is 56.0 Å². The van der Waals surface area contributed by atoms with Crippen molar-refractivity contribution in [2.75, 3.05) is 13.2 Å². The Bertz CT molecular complexity index is 1860. The Morgan fingerprint density at radius 2 is 1.07 bits per heavy atom. The molecule has 0 saturated heterocycles. The number of primary amides is 1. The van der Waals surface area contributed by atoms with Crippen molar-refractivity contribution < 1.29 is 63.6 Å². The van der Waals surface area contributed by atoms with E-state index >= 15 is 0 Å². The molecule has 0 spiro atoms. The number of phenols is 1. The van der Waals surface area contributed by atoms with Gasteiger partial charge in [0.05, 0.1) is 25.7 Å². The zero-order valence-electron chi connectivity index (χ0n) is 34.0. The molecule has 0 bridgehead atoms. The highest BCUT2D eigenvalue weighted by atomic mass is 16.4. The fourth-order valence-electron chi connectivity index (χ4n) is 5.63. The van der Waals surface area contributed by atoms with Crippen LogP contribution in [0, 0.1) is 5.92 Å². The van der Waals surface area contributed by atoms with E-state index in [0.717, 1.165) is 6.92 Å². The van der Waals surface area contributed by atoms with Crippen molar-refractivity contribution in [3.8, 4) is 5.75 Å². The van der Waals surface area contributed by atoms with Gasteiger partial charge in [0, 0.05) is 12.8 Å². The monoisotopic (exact) mass is 857 g/mol. The number of aliphatic hydroxyl groups is 2. The summed E-state index contributed by atoms with van der Waals surface area (Å²) in [6, 6.07) is 3.07. The quantitative estimate of drug-likeness (QED) is 0.0474. The first-order chi connectivity index (χ1) is 28.7. The Labute approximate surface area is 351 Å². The predicted molar refractivity (Wildman–Crippen MR) is 215 cm³/mol. The molecule has 0 aliphatic heterocycles. The summed E-state index contributed by atoms with van der Waals surface area (Å²) in [5.74, 6) is -9.79. The van der Waals surface area contributed by atoms with E-state index in [1.165, 1.54) is 31.2 Å². The Balaban J connectivity index is 2.30. The standard InChI is InChI=1S/C39H55N9O13/c1-19(2)31(47-30(53)17-40)38(59)46-28(18-49)37(58)45-25(14-22-8-6-5-7-9-22)34(55)42-20(3)33(54)43-27(16-29(41)52)35(56)44-26(15-23-10-12-24(51)13-11-23)36(57)48-32(21(4)50)39(60)61/h5-13,19-21,25-28,31-32,49-51H,14-18,40H2,1-4H3,(H2,41,52)(H,42,55)(H,43,54)(H,44,56)(H,45,58)(H,46,59)(H,47,53)(H,48,57)(H,60,61)/t20-,21+,25-,26-,27-,28-,31-,32-/m0/s1. The van der Waals surface area contributed by atoms with Gasteiger partial charge in [0.25, 0.3) is 0 Å². The van der Waals surface area contributed by atoms with Crippen LogP contribution in [-0.4, -0.2) is 135 Å². The molecule has 0 radical (unpaired) electrons. The maximum absolute atomic E-state index is 13.7. The van der Waals surface area contributed by atoms with Crippen LogP contribution in [0.15, 0.2) is 54.6 Å². The summed E-state index contributed by atoms with van der Waals surface area (Å²) in [6.07, 6.45) is -2.78. The SMILES string of the molecule is CC(C)[C@H](NC(=O)CN)C(=O)N[C@@H](CO)C(=O)N[C@@H](Cc1ccccc1)C(=O)N[C@@H](C)C(=O)N[C@@H](CC(N)=O)C(=O)N[C@@H](Cc1ccc(O)cc1)C(=O)N[C@H](C(=O)O)[C@@H](C)O. The van der Waals surface area contributed by atoms with E-state index in [1.54, 1.807) is 44.2 Å². The summed E-state index contributed by atoms with van der Waals surface area (Å²) in [7, 11) is 0. The van der Waals surface area contributed by atoms with Gasteiger partial charge in [-0.25, -0.2) is 4.79 Å². The number of hydrogen-bond acceptors (Lipinski definition) is 13. The molecule has 61 heavy (non-hydrogen) atoms. The number of carbonyl (C=O) groups excluding carboxylic acids is 8. The number of aliphatic hydroxyl groups excluding tert-OH is 2. The number of aromatic hydroxyl groups is 1. The molecule has 2 rings (SSSR count). The number of rotatable bonds is 24. The summed E-state index contributed by atoms with van der Waals surface area (Å²) < 4.78 is 0. The number of carboxylic acids is 1. The molecule has 0 aromatic heterocycles. The van der Waals surface area contributed by atoms with Gasteiger partial charge >= 0.3 is 5.97 Å². The summed E-state index contributed by atoms with van der Waals surface area (Å²) in [5.41, 5.74) is 11.7. The molecule has 0 unspecified atom stereocenters. The number of carboxylic acid groups (broad SMARTS) is 1. The maximum atomic E-state index is 13.7. The van der Waals surface area contributed by atoms with Crippen molar-refractivity contribution in [3.63, 3.8) is 0 Å². The first kappa shape index (κ1) is 50.5. The molecular formula is C39H55N9O13. The summed E-state index contributed by atoms with van der Waals surface area (Å²) in [4.78, 5) is 116. The zero-order chi connectivity index (χ0) is 46.0. The van der Waals surface area contributed by atoms with E-state index in [9.17, 15) is 63.6 Å². The fourth-order valence-corrected chi connectivity index (χ4v) is 5.63. The normalized spacial score (nSPS) is 14.9.